The minimum atomic E-state index is -5.53. The molecule has 0 spiro atoms. The van der Waals surface area contributed by atoms with Gasteiger partial charge in [-0.3, -0.25) is 9.09 Å². The minimum Gasteiger partial charge on any atom is -0.394 e. The molecule has 43 heavy (non-hydrogen) atoms. The molecule has 0 bridgehead atoms. The van der Waals surface area contributed by atoms with E-state index in [1.54, 1.807) is 0 Å². The Hall–Kier alpha value is -1.62. The predicted molar refractivity (Wildman–Crippen MR) is 143 cm³/mol. The van der Waals surface area contributed by atoms with Gasteiger partial charge in [-0.2, -0.15) is 0 Å². The van der Waals surface area contributed by atoms with Crippen LogP contribution >= 0.6 is 14.5 Å². The number of ether oxygens (including phenoxy) is 2. The number of nitrogens with zero attached hydrogens (tertiary/aromatic N) is 4. The van der Waals surface area contributed by atoms with E-state index in [0.29, 0.717) is 0 Å². The molecule has 12 atom stereocenters. The number of phosphoric ester groups is 1. The van der Waals surface area contributed by atoms with Crippen LogP contribution in [-0.2, 0) is 39.2 Å². The Bertz CT molecular complexity index is 1440. The number of fused-ring (bicyclic) bond motifs is 1. The zero-order valence-corrected chi connectivity index (χ0v) is 24.7. The van der Waals surface area contributed by atoms with Crippen molar-refractivity contribution >= 4 is 43.3 Å². The fourth-order valence-electron chi connectivity index (χ4n) is 4.55. The third-order valence-corrected chi connectivity index (χ3v) is 10.3. The molecule has 7 unspecified atom stereocenters. The number of hydrogen-bond donors (Lipinski definition) is 9. The number of imidazole rings is 1. The molecule has 2 aromatic heterocycles. The Kier molecular flexibility index (Phi) is 9.79. The van der Waals surface area contributed by atoms with Crippen molar-refractivity contribution in [1.29, 1.82) is 0 Å². The molecule has 242 valence electrons. The highest BCUT2D eigenvalue weighted by molar-refractivity contribution is 8.08. The van der Waals surface area contributed by atoms with Gasteiger partial charge in [-0.1, -0.05) is 6.58 Å². The SMILES string of the molecule is C=C[C@]1(F)[C@H](n2cnc3c(N)ncnc32)O[C@](C)(COP(O)(=S)OP(=O)(O)OC2OC([C@@H](O)CO)C(O)C(O)C2O)[C@H]1O. The van der Waals surface area contributed by atoms with E-state index < -0.39 is 88.2 Å². The van der Waals surface area contributed by atoms with Crippen molar-refractivity contribution in [2.24, 2.45) is 0 Å². The summed E-state index contributed by atoms with van der Waals surface area (Å²) >= 11 is 4.76. The summed E-state index contributed by atoms with van der Waals surface area (Å²) in [7, 11) is -5.53. The largest absolute Gasteiger partial charge is 0.481 e. The van der Waals surface area contributed by atoms with Crippen LogP contribution in [0.3, 0.4) is 0 Å². The maximum Gasteiger partial charge on any atom is 0.481 e. The first kappa shape index (κ1) is 34.3. The van der Waals surface area contributed by atoms with Crippen molar-refractivity contribution in [3.05, 3.63) is 25.3 Å². The Balaban J connectivity index is 1.48. The molecule has 0 radical (unpaired) electrons. The maximum absolute atomic E-state index is 16.2. The number of aliphatic hydroxyl groups is 6. The van der Waals surface area contributed by atoms with Crippen molar-refractivity contribution in [2.45, 2.75) is 67.3 Å². The predicted octanol–water partition coefficient (Wildman–Crippen LogP) is -2.52. The molecule has 2 saturated heterocycles. The molecule has 2 aromatic rings. The van der Waals surface area contributed by atoms with Crippen LogP contribution in [0, 0.1) is 0 Å². The van der Waals surface area contributed by atoms with Crippen molar-refractivity contribution in [1.82, 2.24) is 19.5 Å². The molecule has 2 fully saturated rings. The first-order valence-electron chi connectivity index (χ1n) is 12.2. The van der Waals surface area contributed by atoms with Gasteiger partial charge in [0.15, 0.2) is 24.0 Å². The molecule has 10 N–H and O–H groups in total. The number of aromatic nitrogens is 4. The number of phosphoric acid groups is 1. The van der Waals surface area contributed by atoms with Crippen LogP contribution in [0.15, 0.2) is 25.3 Å². The number of hydrogen-bond acceptors (Lipinski definition) is 17. The summed E-state index contributed by atoms with van der Waals surface area (Å²) in [6.45, 7) is -2.10. The van der Waals surface area contributed by atoms with Crippen molar-refractivity contribution < 1.29 is 72.2 Å². The fourth-order valence-corrected chi connectivity index (χ4v) is 7.71. The summed E-state index contributed by atoms with van der Waals surface area (Å²) < 4.78 is 55.0. The van der Waals surface area contributed by atoms with Gasteiger partial charge in [0, 0.05) is 0 Å². The number of rotatable bonds is 11. The van der Waals surface area contributed by atoms with Crippen LogP contribution in [0.25, 0.3) is 11.2 Å². The first-order valence-corrected chi connectivity index (χ1v) is 16.3. The first-order chi connectivity index (χ1) is 19.9. The molecule has 23 heteroatoms. The number of aliphatic hydroxyl groups excluding tert-OH is 6. The lowest BCUT2D eigenvalue weighted by molar-refractivity contribution is -0.292. The van der Waals surface area contributed by atoms with Gasteiger partial charge in [0.2, 0.25) is 5.67 Å². The van der Waals surface area contributed by atoms with Gasteiger partial charge >= 0.3 is 14.5 Å². The third kappa shape index (κ3) is 6.54. The lowest BCUT2D eigenvalue weighted by Crippen LogP contribution is -2.61. The fraction of sp³-hybridized carbons (Fsp3) is 0.650. The van der Waals surface area contributed by atoms with E-state index in [4.69, 9.17) is 36.6 Å². The number of nitrogen functional groups attached to an aromatic ring is 1. The molecule has 2 aliphatic rings. The average molecular weight is 677 g/mol. The van der Waals surface area contributed by atoms with Gasteiger partial charge in [0.1, 0.15) is 54.1 Å². The Labute approximate surface area is 246 Å². The van der Waals surface area contributed by atoms with Gasteiger partial charge < -0.3 is 60.2 Å². The Morgan fingerprint density at radius 2 is 1.93 bits per heavy atom. The van der Waals surface area contributed by atoms with Gasteiger partial charge in [-0.25, -0.2) is 28.2 Å². The molecular formula is C20H30FN5O14P2S. The van der Waals surface area contributed by atoms with E-state index in [1.807, 2.05) is 0 Å². The summed E-state index contributed by atoms with van der Waals surface area (Å²) in [6, 6.07) is 0. The summed E-state index contributed by atoms with van der Waals surface area (Å²) in [6.07, 6.45) is -12.7. The molecule has 19 nitrogen and oxygen atoms in total. The van der Waals surface area contributed by atoms with E-state index >= 15 is 4.39 Å². The minimum absolute atomic E-state index is 0.0119. The summed E-state index contributed by atoms with van der Waals surface area (Å²) in [5, 5.41) is 59.9. The van der Waals surface area contributed by atoms with E-state index in [2.05, 4.69) is 30.4 Å². The number of halogens is 1. The highest BCUT2D eigenvalue weighted by Crippen LogP contribution is 2.62. The molecule has 0 aromatic carbocycles. The normalized spacial score (nSPS) is 38.4. The lowest BCUT2D eigenvalue weighted by atomic mass is 9.89. The van der Waals surface area contributed by atoms with Crippen molar-refractivity contribution in [3.63, 3.8) is 0 Å². The maximum atomic E-state index is 16.2. The molecule has 2 aliphatic heterocycles. The molecule has 4 heterocycles. The molecule has 0 amide bonds. The van der Waals surface area contributed by atoms with Crippen LogP contribution in [0.2, 0.25) is 0 Å². The highest BCUT2D eigenvalue weighted by Gasteiger charge is 2.63. The van der Waals surface area contributed by atoms with E-state index in [1.165, 1.54) is 6.92 Å². The zero-order valence-electron chi connectivity index (χ0n) is 22.0. The van der Waals surface area contributed by atoms with Crippen LogP contribution < -0.4 is 5.73 Å². The smallest absolute Gasteiger partial charge is 0.394 e. The second kappa shape index (κ2) is 12.3. The monoisotopic (exact) mass is 677 g/mol. The lowest BCUT2D eigenvalue weighted by Gasteiger charge is -2.41. The van der Waals surface area contributed by atoms with Crippen LogP contribution in [0.5, 0.6) is 0 Å². The van der Waals surface area contributed by atoms with Crippen LogP contribution in [0.4, 0.5) is 10.2 Å². The van der Waals surface area contributed by atoms with E-state index in [-0.39, 0.29) is 17.0 Å². The Morgan fingerprint density at radius 3 is 2.56 bits per heavy atom. The summed E-state index contributed by atoms with van der Waals surface area (Å²) in [5.41, 5.74) is 1.21. The highest BCUT2D eigenvalue weighted by atomic mass is 32.5. The van der Waals surface area contributed by atoms with Gasteiger partial charge in [-0.15, -0.1) is 0 Å². The second-order valence-corrected chi connectivity index (χ2v) is 14.3. The van der Waals surface area contributed by atoms with Crippen molar-refractivity contribution in [2.75, 3.05) is 18.9 Å². The Morgan fingerprint density at radius 1 is 1.26 bits per heavy atom. The van der Waals surface area contributed by atoms with E-state index in [0.717, 1.165) is 23.3 Å². The third-order valence-electron chi connectivity index (χ3n) is 6.84. The molecular weight excluding hydrogens is 647 g/mol. The van der Waals surface area contributed by atoms with Crippen LogP contribution in [0.1, 0.15) is 13.2 Å². The van der Waals surface area contributed by atoms with Gasteiger partial charge in [0.05, 0.1) is 19.5 Å². The summed E-state index contributed by atoms with van der Waals surface area (Å²) in [4.78, 5) is 32.5. The van der Waals surface area contributed by atoms with Crippen molar-refractivity contribution in [3.8, 4) is 0 Å². The molecule has 0 aliphatic carbocycles. The average Bonchev–Trinajstić information content (AvgIpc) is 3.46. The second-order valence-electron chi connectivity index (χ2n) is 9.89. The van der Waals surface area contributed by atoms with Gasteiger partial charge in [-0.05, 0) is 24.8 Å². The standard InChI is InChI=1S/C20H30FN5O14P2S/c1-3-20(21)17(32)19(2,38-18(20)26-7-25-9-14(22)23-6-24-15(9)26)5-36-42(35,43)40-41(33,34)39-16-12(31)10(29)11(30)13(37-16)8(28)4-27/h3,6-8,10-13,16-18,27-32H,1,4-5H2,2H3,(H,33,34)(H,35,43)(H2,22,23,24)/t8-,10?,11?,12?,13?,16?,17+,18+,19+,20+,42?/m0/s1. The topological polar surface area (TPSA) is 295 Å². The number of nitrogens with two attached hydrogens (primary N) is 1. The zero-order chi connectivity index (χ0) is 32.1. The van der Waals surface area contributed by atoms with Crippen LogP contribution in [-0.4, -0.2) is 127 Å². The van der Waals surface area contributed by atoms with Gasteiger partial charge in [0.25, 0.3) is 0 Å². The molecule has 0 saturated carbocycles. The van der Waals surface area contributed by atoms with E-state index in [9.17, 15) is 39.9 Å². The number of alkyl halides is 1. The quantitative estimate of drug-likeness (QED) is 0.0875. The molecule has 4 rings (SSSR count). The summed E-state index contributed by atoms with van der Waals surface area (Å²) in [5.74, 6) is -0.0119. The number of anilines is 1.